The van der Waals surface area contributed by atoms with Crippen molar-refractivity contribution in [2.45, 2.75) is 31.7 Å². The van der Waals surface area contributed by atoms with Gasteiger partial charge in [-0.05, 0) is 44.1 Å². The molecule has 3 nitrogen and oxygen atoms in total. The van der Waals surface area contributed by atoms with Gasteiger partial charge in [-0.1, -0.05) is 6.92 Å². The van der Waals surface area contributed by atoms with Gasteiger partial charge in [0.1, 0.15) is 18.1 Å². The van der Waals surface area contributed by atoms with Gasteiger partial charge in [0.25, 0.3) is 0 Å². The van der Waals surface area contributed by atoms with Crippen LogP contribution in [0, 0.1) is 0 Å². The number of nitrogens with zero attached hydrogens (tertiary/aromatic N) is 1. The number of methoxy groups -OCH3 is 1. The molecule has 0 radical (unpaired) electrons. The minimum absolute atomic E-state index is 0.560. The summed E-state index contributed by atoms with van der Waals surface area (Å²) in [5.41, 5.74) is 1.34. The lowest BCUT2D eigenvalue weighted by Gasteiger charge is -2.33. The van der Waals surface area contributed by atoms with Crippen LogP contribution in [0.3, 0.4) is 0 Å². The largest absolute Gasteiger partial charge is 0.497 e. The Balaban J connectivity index is 1.89. The topological polar surface area (TPSA) is 21.7 Å². The lowest BCUT2D eigenvalue weighted by Crippen LogP contribution is -2.39. The molecule has 0 amide bonds. The van der Waals surface area contributed by atoms with E-state index in [1.165, 1.54) is 31.5 Å². The summed E-state index contributed by atoms with van der Waals surface area (Å²) in [6.45, 7) is 5.46. The second kappa shape index (κ2) is 4.81. The van der Waals surface area contributed by atoms with Crippen molar-refractivity contribution >= 4 is 0 Å². The summed E-state index contributed by atoms with van der Waals surface area (Å²) in [6.07, 6.45) is 2.46. The average molecular weight is 247 g/mol. The molecule has 3 heteroatoms. The summed E-state index contributed by atoms with van der Waals surface area (Å²) >= 11 is 0. The van der Waals surface area contributed by atoms with Crippen molar-refractivity contribution in [2.24, 2.45) is 0 Å². The van der Waals surface area contributed by atoms with Gasteiger partial charge in [0, 0.05) is 11.5 Å². The molecular formula is C15H21NO2. The molecule has 18 heavy (non-hydrogen) atoms. The Hall–Kier alpha value is -1.22. The Morgan fingerprint density at radius 2 is 2.33 bits per heavy atom. The van der Waals surface area contributed by atoms with Crippen LogP contribution < -0.4 is 9.47 Å². The molecule has 1 aromatic carbocycles. The van der Waals surface area contributed by atoms with Crippen molar-refractivity contribution in [3.63, 3.8) is 0 Å². The number of rotatable bonds is 3. The lowest BCUT2D eigenvalue weighted by molar-refractivity contribution is 0.147. The molecule has 2 heterocycles. The molecule has 1 fully saturated rings. The van der Waals surface area contributed by atoms with Gasteiger partial charge in [-0.3, -0.25) is 4.90 Å². The Morgan fingerprint density at radius 1 is 1.44 bits per heavy atom. The maximum absolute atomic E-state index is 5.92. The number of ether oxygens (including phenoxy) is 2. The number of hydrogen-bond acceptors (Lipinski definition) is 3. The molecule has 0 saturated carbocycles. The molecule has 0 unspecified atom stereocenters. The molecule has 1 saturated heterocycles. The van der Waals surface area contributed by atoms with Crippen LogP contribution >= 0.6 is 0 Å². The molecule has 3 rings (SSSR count). The highest BCUT2D eigenvalue weighted by Crippen LogP contribution is 2.43. The molecule has 0 bridgehead atoms. The quantitative estimate of drug-likeness (QED) is 0.819. The standard InChI is InChI=1S/C15H21NO2/c1-3-7-16-8-6-12-13-9-11(17-2)4-5-15(13)18-10-14(12)16/h4-5,9,12,14H,3,6-8,10H2,1-2H3/t12-,14+/m1/s1. The molecule has 2 aliphatic rings. The Kier molecular flexibility index (Phi) is 3.16. The van der Waals surface area contributed by atoms with E-state index in [0.29, 0.717) is 12.0 Å². The Labute approximate surface area is 109 Å². The normalized spacial score (nSPS) is 26.3. The molecule has 1 aromatic rings. The van der Waals surface area contributed by atoms with E-state index in [4.69, 9.17) is 9.47 Å². The van der Waals surface area contributed by atoms with E-state index in [1.807, 2.05) is 12.1 Å². The summed E-state index contributed by atoms with van der Waals surface area (Å²) in [5, 5.41) is 0. The maximum atomic E-state index is 5.92. The molecular weight excluding hydrogens is 226 g/mol. The van der Waals surface area contributed by atoms with E-state index in [-0.39, 0.29) is 0 Å². The third kappa shape index (κ3) is 1.87. The van der Waals surface area contributed by atoms with E-state index in [2.05, 4.69) is 17.9 Å². The molecule has 98 valence electrons. The van der Waals surface area contributed by atoms with Crippen LogP contribution in [-0.2, 0) is 0 Å². The van der Waals surface area contributed by atoms with Gasteiger partial charge in [-0.25, -0.2) is 0 Å². The summed E-state index contributed by atoms with van der Waals surface area (Å²) in [4.78, 5) is 2.58. The van der Waals surface area contributed by atoms with Gasteiger partial charge < -0.3 is 9.47 Å². The summed E-state index contributed by atoms with van der Waals surface area (Å²) in [6, 6.07) is 6.75. The van der Waals surface area contributed by atoms with Crippen molar-refractivity contribution in [1.82, 2.24) is 4.90 Å². The summed E-state index contributed by atoms with van der Waals surface area (Å²) < 4.78 is 11.3. The van der Waals surface area contributed by atoms with Gasteiger partial charge >= 0.3 is 0 Å². The van der Waals surface area contributed by atoms with Crippen LogP contribution in [0.25, 0.3) is 0 Å². The zero-order chi connectivity index (χ0) is 12.5. The van der Waals surface area contributed by atoms with Gasteiger partial charge in [0.2, 0.25) is 0 Å². The minimum Gasteiger partial charge on any atom is -0.497 e. The Morgan fingerprint density at radius 3 is 3.11 bits per heavy atom. The molecule has 0 N–H and O–H groups in total. The second-order valence-corrected chi connectivity index (χ2v) is 5.21. The molecule has 2 atom stereocenters. The van der Waals surface area contributed by atoms with Gasteiger partial charge in [0.15, 0.2) is 0 Å². The van der Waals surface area contributed by atoms with Crippen molar-refractivity contribution in [2.75, 3.05) is 26.8 Å². The smallest absolute Gasteiger partial charge is 0.123 e. The first-order valence-electron chi connectivity index (χ1n) is 6.88. The fraction of sp³-hybridized carbons (Fsp3) is 0.600. The van der Waals surface area contributed by atoms with Crippen LogP contribution in [0.4, 0.5) is 0 Å². The number of fused-ring (bicyclic) bond motifs is 3. The first-order chi connectivity index (χ1) is 8.83. The highest BCUT2D eigenvalue weighted by molar-refractivity contribution is 5.45. The predicted molar refractivity (Wildman–Crippen MR) is 71.5 cm³/mol. The van der Waals surface area contributed by atoms with Gasteiger partial charge in [0.05, 0.1) is 13.2 Å². The monoisotopic (exact) mass is 247 g/mol. The van der Waals surface area contributed by atoms with Crippen LogP contribution in [0.2, 0.25) is 0 Å². The first-order valence-corrected chi connectivity index (χ1v) is 6.88. The lowest BCUT2D eigenvalue weighted by atomic mass is 9.89. The van der Waals surface area contributed by atoms with E-state index in [9.17, 15) is 0 Å². The second-order valence-electron chi connectivity index (χ2n) is 5.21. The number of hydrogen-bond donors (Lipinski definition) is 0. The fourth-order valence-corrected chi connectivity index (χ4v) is 3.32. The molecule has 0 aliphatic carbocycles. The Bertz CT molecular complexity index is 433. The van der Waals surface area contributed by atoms with E-state index in [1.54, 1.807) is 7.11 Å². The van der Waals surface area contributed by atoms with E-state index in [0.717, 1.165) is 18.1 Å². The SMILES string of the molecule is CCCN1CC[C@@H]2c3cc(OC)ccc3OC[C@@H]21. The fourth-order valence-electron chi connectivity index (χ4n) is 3.32. The van der Waals surface area contributed by atoms with Crippen molar-refractivity contribution in [3.05, 3.63) is 23.8 Å². The zero-order valence-corrected chi connectivity index (χ0v) is 11.2. The number of likely N-dealkylation sites (tertiary alicyclic amines) is 1. The minimum atomic E-state index is 0.560. The number of benzene rings is 1. The third-order valence-electron chi connectivity index (χ3n) is 4.20. The summed E-state index contributed by atoms with van der Waals surface area (Å²) in [7, 11) is 1.72. The highest BCUT2D eigenvalue weighted by Gasteiger charge is 2.39. The van der Waals surface area contributed by atoms with Crippen LogP contribution in [0.15, 0.2) is 18.2 Å². The third-order valence-corrected chi connectivity index (χ3v) is 4.20. The van der Waals surface area contributed by atoms with E-state index < -0.39 is 0 Å². The predicted octanol–water partition coefficient (Wildman–Crippen LogP) is 2.66. The molecule has 0 spiro atoms. The molecule has 2 aliphatic heterocycles. The molecule has 0 aromatic heterocycles. The van der Waals surface area contributed by atoms with Crippen LogP contribution in [0.5, 0.6) is 11.5 Å². The van der Waals surface area contributed by atoms with Gasteiger partial charge in [-0.15, -0.1) is 0 Å². The highest BCUT2D eigenvalue weighted by atomic mass is 16.5. The zero-order valence-electron chi connectivity index (χ0n) is 11.2. The van der Waals surface area contributed by atoms with E-state index >= 15 is 0 Å². The van der Waals surface area contributed by atoms with Crippen molar-refractivity contribution in [1.29, 1.82) is 0 Å². The van der Waals surface area contributed by atoms with Gasteiger partial charge in [-0.2, -0.15) is 0 Å². The van der Waals surface area contributed by atoms with Crippen molar-refractivity contribution in [3.8, 4) is 11.5 Å². The maximum Gasteiger partial charge on any atom is 0.123 e. The van der Waals surface area contributed by atoms with Crippen molar-refractivity contribution < 1.29 is 9.47 Å². The first kappa shape index (κ1) is 11.8. The summed E-state index contributed by atoms with van der Waals surface area (Å²) in [5.74, 6) is 2.61. The van der Waals surface area contributed by atoms with Crippen LogP contribution in [0.1, 0.15) is 31.2 Å². The van der Waals surface area contributed by atoms with Crippen LogP contribution in [-0.4, -0.2) is 37.7 Å². The average Bonchev–Trinajstić information content (AvgIpc) is 2.82.